The van der Waals surface area contributed by atoms with Crippen LogP contribution in [-0.2, 0) is 0 Å². The Bertz CT molecular complexity index is 1290. The van der Waals surface area contributed by atoms with E-state index in [0.717, 1.165) is 5.56 Å². The summed E-state index contributed by atoms with van der Waals surface area (Å²) in [7, 11) is 0. The monoisotopic (exact) mass is 426 g/mol. The molecule has 1 amide bonds. The maximum absolute atomic E-state index is 13.0. The predicted molar refractivity (Wildman–Crippen MR) is 122 cm³/mol. The molecule has 7 heteroatoms. The highest BCUT2D eigenvalue weighted by Gasteiger charge is 2.15. The summed E-state index contributed by atoms with van der Waals surface area (Å²) < 4.78 is 0. The number of hydrogen-bond donors (Lipinski definition) is 2. The molecule has 0 bridgehead atoms. The van der Waals surface area contributed by atoms with Crippen molar-refractivity contribution in [2.45, 2.75) is 0 Å². The predicted octanol–water partition coefficient (Wildman–Crippen LogP) is 3.39. The lowest BCUT2D eigenvalue weighted by molar-refractivity contribution is -0.255. The average Bonchev–Trinajstić information content (AvgIpc) is 2.79. The number of anilines is 1. The number of carbonyl (C=O) groups is 2. The first-order valence-corrected chi connectivity index (χ1v) is 9.81. The number of aromatic carboxylic acids is 1. The van der Waals surface area contributed by atoms with E-state index in [1.54, 1.807) is 18.2 Å². The fraction of sp³-hybridized carbons (Fsp3) is 0. The quantitative estimate of drug-likeness (QED) is 0.486. The molecule has 0 aliphatic rings. The number of pyridine rings is 1. The molecule has 6 nitrogen and oxygen atoms in total. The summed E-state index contributed by atoms with van der Waals surface area (Å²) in [4.78, 5) is 28.6. The number of fused-ring (bicyclic) bond motifs is 1. The molecule has 1 heterocycles. The molecule has 1 aromatic heterocycles. The van der Waals surface area contributed by atoms with Gasteiger partial charge in [0.15, 0.2) is 5.11 Å². The van der Waals surface area contributed by atoms with Gasteiger partial charge in [-0.3, -0.25) is 10.1 Å². The van der Waals surface area contributed by atoms with Gasteiger partial charge < -0.3 is 15.2 Å². The van der Waals surface area contributed by atoms with Crippen molar-refractivity contribution in [1.82, 2.24) is 10.3 Å². The molecule has 3 aromatic carbocycles. The van der Waals surface area contributed by atoms with Gasteiger partial charge in [0.2, 0.25) is 0 Å². The van der Waals surface area contributed by atoms with Crippen LogP contribution in [-0.4, -0.2) is 22.0 Å². The van der Waals surface area contributed by atoms with Crippen LogP contribution in [0.2, 0.25) is 0 Å². The van der Waals surface area contributed by atoms with E-state index >= 15 is 0 Å². The van der Waals surface area contributed by atoms with Gasteiger partial charge in [-0.2, -0.15) is 0 Å². The van der Waals surface area contributed by atoms with Crippen molar-refractivity contribution in [1.29, 1.82) is 0 Å². The molecule has 0 unspecified atom stereocenters. The summed E-state index contributed by atoms with van der Waals surface area (Å²) in [6.07, 6.45) is 0. The molecular weight excluding hydrogens is 410 g/mol. The minimum absolute atomic E-state index is 0.0530. The van der Waals surface area contributed by atoms with Crippen molar-refractivity contribution in [3.63, 3.8) is 0 Å². The number of benzene rings is 3. The van der Waals surface area contributed by atoms with Gasteiger partial charge in [-0.1, -0.05) is 60.7 Å². The molecule has 4 rings (SSSR count). The fourth-order valence-corrected chi connectivity index (χ4v) is 3.35. The highest BCUT2D eigenvalue weighted by molar-refractivity contribution is 7.80. The summed E-state index contributed by atoms with van der Waals surface area (Å²) in [5.74, 6) is -1.64. The third kappa shape index (κ3) is 4.57. The first kappa shape index (κ1) is 20.2. The first-order valence-electron chi connectivity index (χ1n) is 9.40. The number of carboxylic acids is 1. The second-order valence-corrected chi connectivity index (χ2v) is 7.12. The zero-order valence-electron chi connectivity index (χ0n) is 16.2. The Labute approximate surface area is 183 Å². The third-order valence-electron chi connectivity index (χ3n) is 4.64. The van der Waals surface area contributed by atoms with Crippen LogP contribution < -0.4 is 15.7 Å². The molecule has 0 spiro atoms. The summed E-state index contributed by atoms with van der Waals surface area (Å²) >= 11 is 5.26. The van der Waals surface area contributed by atoms with Crippen molar-refractivity contribution >= 4 is 45.8 Å². The van der Waals surface area contributed by atoms with Crippen LogP contribution in [0.25, 0.3) is 22.2 Å². The molecule has 0 radical (unpaired) electrons. The molecule has 152 valence electrons. The van der Waals surface area contributed by atoms with Crippen molar-refractivity contribution in [2.75, 3.05) is 5.32 Å². The second kappa shape index (κ2) is 8.73. The molecular formula is C24H16N3O3S-. The summed E-state index contributed by atoms with van der Waals surface area (Å²) in [5, 5.41) is 17.2. The zero-order valence-corrected chi connectivity index (χ0v) is 17.0. The molecule has 0 fully saturated rings. The Balaban J connectivity index is 1.59. The van der Waals surface area contributed by atoms with E-state index in [1.165, 1.54) is 12.1 Å². The molecule has 0 aliphatic heterocycles. The number of carbonyl (C=O) groups excluding carboxylic acids is 2. The van der Waals surface area contributed by atoms with Gasteiger partial charge in [0.25, 0.3) is 5.91 Å². The van der Waals surface area contributed by atoms with Gasteiger partial charge in [-0.25, -0.2) is 4.98 Å². The maximum atomic E-state index is 13.0. The fourth-order valence-electron chi connectivity index (χ4n) is 3.14. The van der Waals surface area contributed by atoms with Crippen LogP contribution in [0.4, 0.5) is 5.69 Å². The van der Waals surface area contributed by atoms with E-state index in [-0.39, 0.29) is 16.6 Å². The zero-order chi connectivity index (χ0) is 21.8. The van der Waals surface area contributed by atoms with Crippen molar-refractivity contribution < 1.29 is 14.7 Å². The lowest BCUT2D eigenvalue weighted by Crippen LogP contribution is -2.34. The lowest BCUT2D eigenvalue weighted by atomic mass is 10.0. The third-order valence-corrected chi connectivity index (χ3v) is 4.84. The van der Waals surface area contributed by atoms with Crippen LogP contribution in [0, 0.1) is 0 Å². The van der Waals surface area contributed by atoms with Crippen LogP contribution in [0.15, 0.2) is 84.9 Å². The summed E-state index contributed by atoms with van der Waals surface area (Å²) in [6.45, 7) is 0. The number of amides is 1. The number of nitrogens with one attached hydrogen (secondary N) is 2. The molecule has 2 N–H and O–H groups in total. The molecule has 0 atom stereocenters. The second-order valence-electron chi connectivity index (χ2n) is 6.71. The van der Waals surface area contributed by atoms with Crippen molar-refractivity contribution in [3.8, 4) is 11.3 Å². The number of rotatable bonds is 4. The molecule has 31 heavy (non-hydrogen) atoms. The van der Waals surface area contributed by atoms with Gasteiger partial charge in [-0.15, -0.1) is 0 Å². The van der Waals surface area contributed by atoms with E-state index < -0.39 is 5.97 Å². The van der Waals surface area contributed by atoms with E-state index in [4.69, 9.17) is 12.2 Å². The Hall–Kier alpha value is -4.10. The molecule has 0 saturated carbocycles. The van der Waals surface area contributed by atoms with Crippen molar-refractivity contribution in [3.05, 3.63) is 96.1 Å². The average molecular weight is 426 g/mol. The topological polar surface area (TPSA) is 94.1 Å². The van der Waals surface area contributed by atoms with Crippen LogP contribution >= 0.6 is 12.2 Å². The molecule has 0 aliphatic carbocycles. The van der Waals surface area contributed by atoms with Crippen LogP contribution in [0.1, 0.15) is 20.7 Å². The summed E-state index contributed by atoms with van der Waals surface area (Å²) in [6, 6.07) is 24.6. The molecule has 0 saturated heterocycles. The van der Waals surface area contributed by atoms with Gasteiger partial charge >= 0.3 is 0 Å². The van der Waals surface area contributed by atoms with E-state index in [2.05, 4.69) is 15.6 Å². The lowest BCUT2D eigenvalue weighted by Gasteiger charge is -2.13. The Kier molecular flexibility index (Phi) is 5.68. The Morgan fingerprint density at radius 2 is 1.55 bits per heavy atom. The van der Waals surface area contributed by atoms with E-state index in [9.17, 15) is 14.7 Å². The highest BCUT2D eigenvalue weighted by atomic mass is 32.1. The van der Waals surface area contributed by atoms with Crippen LogP contribution in [0.5, 0.6) is 0 Å². The Morgan fingerprint density at radius 1 is 0.871 bits per heavy atom. The highest BCUT2D eigenvalue weighted by Crippen LogP contribution is 2.24. The minimum atomic E-state index is -1.26. The van der Waals surface area contributed by atoms with Gasteiger partial charge in [0.1, 0.15) is 0 Å². The SMILES string of the molecule is O=C([O-])c1ccc(NC(=S)NC(=O)c2cc(-c3ccccc3)nc3ccccc23)cc1. The van der Waals surface area contributed by atoms with Crippen molar-refractivity contribution in [2.24, 2.45) is 0 Å². The number of nitrogens with zero attached hydrogens (tertiary/aromatic N) is 1. The minimum Gasteiger partial charge on any atom is -0.545 e. The van der Waals surface area contributed by atoms with Crippen LogP contribution in [0.3, 0.4) is 0 Å². The summed E-state index contributed by atoms with van der Waals surface area (Å²) in [5.41, 5.74) is 3.32. The van der Waals surface area contributed by atoms with E-state index in [0.29, 0.717) is 27.8 Å². The number of carboxylic acid groups (broad SMARTS) is 1. The first-order chi connectivity index (χ1) is 15.0. The van der Waals surface area contributed by atoms with Gasteiger partial charge in [0.05, 0.1) is 22.7 Å². The molecule has 4 aromatic rings. The van der Waals surface area contributed by atoms with E-state index in [1.807, 2.05) is 54.6 Å². The van der Waals surface area contributed by atoms with Gasteiger partial charge in [-0.05, 0) is 42.0 Å². The smallest absolute Gasteiger partial charge is 0.258 e. The standard InChI is InChI=1S/C24H17N3O3S/c28-22(27-24(31)25-17-12-10-16(11-13-17)23(29)30)19-14-21(15-6-2-1-3-7-15)26-20-9-5-4-8-18(19)20/h1-14H,(H,29,30)(H2,25,27,28,31)/p-1. The number of thiocarbonyl (C=S) groups is 1. The number of para-hydroxylation sites is 1. The maximum Gasteiger partial charge on any atom is 0.258 e. The number of aromatic nitrogens is 1. The van der Waals surface area contributed by atoms with Gasteiger partial charge in [0, 0.05) is 16.6 Å². The Morgan fingerprint density at radius 3 is 2.26 bits per heavy atom. The normalized spacial score (nSPS) is 10.5. The largest absolute Gasteiger partial charge is 0.545 e. The number of hydrogen-bond acceptors (Lipinski definition) is 5.